The van der Waals surface area contributed by atoms with E-state index in [0.29, 0.717) is 23.8 Å². The molecule has 20 heavy (non-hydrogen) atoms. The molecule has 0 saturated heterocycles. The summed E-state index contributed by atoms with van der Waals surface area (Å²) in [6.07, 6.45) is 2.00. The SMILES string of the molecule is CC1=C(CCC2=C(C)ON(CS)C2C)C(C)N(CS)O1. The highest BCUT2D eigenvalue weighted by atomic mass is 32.1. The lowest BCUT2D eigenvalue weighted by Gasteiger charge is -2.20. The smallest absolute Gasteiger partial charge is 0.122 e. The van der Waals surface area contributed by atoms with Gasteiger partial charge in [-0.05, 0) is 51.7 Å². The van der Waals surface area contributed by atoms with Gasteiger partial charge in [0, 0.05) is 0 Å². The van der Waals surface area contributed by atoms with E-state index in [1.54, 1.807) is 0 Å². The van der Waals surface area contributed by atoms with E-state index < -0.39 is 0 Å². The van der Waals surface area contributed by atoms with Gasteiger partial charge >= 0.3 is 0 Å². The van der Waals surface area contributed by atoms with Gasteiger partial charge in [-0.25, -0.2) is 0 Å². The first-order valence-electron chi connectivity index (χ1n) is 6.99. The molecule has 0 radical (unpaired) electrons. The van der Waals surface area contributed by atoms with Crippen LogP contribution in [0, 0.1) is 0 Å². The zero-order valence-electron chi connectivity index (χ0n) is 12.6. The highest BCUT2D eigenvalue weighted by molar-refractivity contribution is 7.80. The number of hydroxylamine groups is 4. The first-order valence-corrected chi connectivity index (χ1v) is 8.26. The minimum absolute atomic E-state index is 0.298. The largest absolute Gasteiger partial charge is 0.409 e. The summed E-state index contributed by atoms with van der Waals surface area (Å²) in [5.74, 6) is 3.25. The van der Waals surface area contributed by atoms with Gasteiger partial charge in [0.25, 0.3) is 0 Å². The minimum Gasteiger partial charge on any atom is -0.409 e. The summed E-state index contributed by atoms with van der Waals surface area (Å²) in [6.45, 7) is 8.39. The molecule has 0 aliphatic carbocycles. The molecule has 0 N–H and O–H groups in total. The van der Waals surface area contributed by atoms with E-state index in [1.807, 2.05) is 24.0 Å². The van der Waals surface area contributed by atoms with Crippen molar-refractivity contribution in [1.82, 2.24) is 10.1 Å². The molecule has 0 bridgehead atoms. The van der Waals surface area contributed by atoms with Crippen LogP contribution in [0.1, 0.15) is 40.5 Å². The molecule has 2 unspecified atom stereocenters. The quantitative estimate of drug-likeness (QED) is 0.760. The molecular formula is C14H24N2O2S2. The number of hydrogen-bond acceptors (Lipinski definition) is 6. The van der Waals surface area contributed by atoms with Gasteiger partial charge in [-0.2, -0.15) is 25.3 Å². The maximum absolute atomic E-state index is 5.71. The van der Waals surface area contributed by atoms with Crippen molar-refractivity contribution in [3.63, 3.8) is 0 Å². The Hall–Kier alpha value is -0.300. The van der Waals surface area contributed by atoms with Crippen LogP contribution in [-0.4, -0.2) is 34.0 Å². The van der Waals surface area contributed by atoms with Crippen LogP contribution in [0.4, 0.5) is 0 Å². The number of allylic oxidation sites excluding steroid dienone is 2. The third-order valence-corrected chi connectivity index (χ3v) is 4.79. The van der Waals surface area contributed by atoms with Crippen molar-refractivity contribution in [2.24, 2.45) is 0 Å². The van der Waals surface area contributed by atoms with Gasteiger partial charge < -0.3 is 9.68 Å². The standard InChI is InChI=1S/C14H24N2O2S2/c1-9-13(11(3)17-15(9)7-19)5-6-14-10(2)16(8-20)18-12(14)4/h9-10,19-20H,5-8H2,1-4H3. The Morgan fingerprint density at radius 1 is 0.850 bits per heavy atom. The summed E-state index contributed by atoms with van der Waals surface area (Å²) >= 11 is 8.59. The molecule has 2 atom stereocenters. The third kappa shape index (κ3) is 2.98. The summed E-state index contributed by atoms with van der Waals surface area (Å²) < 4.78 is 0. The van der Waals surface area contributed by atoms with Crippen molar-refractivity contribution in [3.05, 3.63) is 22.7 Å². The Morgan fingerprint density at radius 3 is 1.45 bits per heavy atom. The zero-order chi connectivity index (χ0) is 14.9. The first-order chi connectivity index (χ1) is 9.49. The van der Waals surface area contributed by atoms with Gasteiger partial charge in [0.2, 0.25) is 0 Å². The van der Waals surface area contributed by atoms with Crippen LogP contribution in [0.5, 0.6) is 0 Å². The fourth-order valence-electron chi connectivity index (χ4n) is 2.90. The van der Waals surface area contributed by atoms with Crippen LogP contribution < -0.4 is 0 Å². The third-order valence-electron chi connectivity index (χ3n) is 4.23. The van der Waals surface area contributed by atoms with E-state index in [2.05, 4.69) is 39.1 Å². The second-order valence-corrected chi connectivity index (χ2v) is 5.88. The van der Waals surface area contributed by atoms with E-state index in [1.165, 1.54) is 11.1 Å². The maximum Gasteiger partial charge on any atom is 0.122 e. The van der Waals surface area contributed by atoms with Gasteiger partial charge in [0.05, 0.1) is 23.8 Å². The molecule has 6 heteroatoms. The van der Waals surface area contributed by atoms with Crippen LogP contribution in [0.25, 0.3) is 0 Å². The molecule has 0 amide bonds. The van der Waals surface area contributed by atoms with Crippen LogP contribution in [0.2, 0.25) is 0 Å². The summed E-state index contributed by atoms with van der Waals surface area (Å²) in [4.78, 5) is 11.4. The predicted octanol–water partition coefficient (Wildman–Crippen LogP) is 3.36. The van der Waals surface area contributed by atoms with Crippen molar-refractivity contribution >= 4 is 25.3 Å². The molecule has 2 heterocycles. The maximum atomic E-state index is 5.71. The van der Waals surface area contributed by atoms with Crippen molar-refractivity contribution in [1.29, 1.82) is 0 Å². The van der Waals surface area contributed by atoms with Crippen molar-refractivity contribution < 1.29 is 9.68 Å². The average molecular weight is 316 g/mol. The van der Waals surface area contributed by atoms with Gasteiger partial charge in [0.1, 0.15) is 11.5 Å². The normalized spacial score (nSPS) is 28.3. The van der Waals surface area contributed by atoms with Crippen molar-refractivity contribution in [2.75, 3.05) is 11.8 Å². The van der Waals surface area contributed by atoms with E-state index in [0.717, 1.165) is 24.4 Å². The Balaban J connectivity index is 1.99. The molecule has 0 aromatic carbocycles. The molecule has 0 fully saturated rings. The fraction of sp³-hybridized carbons (Fsp3) is 0.714. The summed E-state index contributed by atoms with van der Waals surface area (Å²) in [6, 6.07) is 0.596. The van der Waals surface area contributed by atoms with Crippen LogP contribution >= 0.6 is 25.3 Å². The number of rotatable bonds is 5. The van der Waals surface area contributed by atoms with Crippen molar-refractivity contribution in [3.8, 4) is 0 Å². The number of thiol groups is 2. The van der Waals surface area contributed by atoms with Crippen LogP contribution in [-0.2, 0) is 9.68 Å². The molecule has 2 rings (SSSR count). The number of nitrogens with zero attached hydrogens (tertiary/aromatic N) is 2. The Bertz CT molecular complexity index is 397. The summed E-state index contributed by atoms with van der Waals surface area (Å²) in [5.41, 5.74) is 2.71. The lowest BCUT2D eigenvalue weighted by molar-refractivity contribution is -0.0956. The predicted molar refractivity (Wildman–Crippen MR) is 87.1 cm³/mol. The van der Waals surface area contributed by atoms with Gasteiger partial charge in [-0.3, -0.25) is 0 Å². The van der Waals surface area contributed by atoms with E-state index in [9.17, 15) is 0 Å². The molecule has 114 valence electrons. The Kier molecular flexibility index (Phi) is 5.34. The second-order valence-electron chi connectivity index (χ2n) is 5.31. The van der Waals surface area contributed by atoms with E-state index in [4.69, 9.17) is 9.68 Å². The van der Waals surface area contributed by atoms with E-state index >= 15 is 0 Å². The number of hydrogen-bond donors (Lipinski definition) is 2. The average Bonchev–Trinajstić information content (AvgIpc) is 2.86. The molecule has 0 saturated carbocycles. The lowest BCUT2D eigenvalue weighted by Crippen LogP contribution is -2.28. The van der Waals surface area contributed by atoms with E-state index in [-0.39, 0.29) is 0 Å². The highest BCUT2D eigenvalue weighted by Gasteiger charge is 2.32. The molecule has 0 spiro atoms. The second kappa shape index (κ2) is 6.64. The molecular weight excluding hydrogens is 292 g/mol. The monoisotopic (exact) mass is 316 g/mol. The zero-order valence-corrected chi connectivity index (χ0v) is 14.4. The molecule has 0 aromatic rings. The Morgan fingerprint density at radius 2 is 1.20 bits per heavy atom. The van der Waals surface area contributed by atoms with Crippen molar-refractivity contribution in [2.45, 2.75) is 52.6 Å². The molecule has 2 aliphatic heterocycles. The molecule has 4 nitrogen and oxygen atoms in total. The fourth-order valence-corrected chi connectivity index (χ4v) is 3.51. The van der Waals surface area contributed by atoms with Gasteiger partial charge in [-0.1, -0.05) is 0 Å². The summed E-state index contributed by atoms with van der Waals surface area (Å²) in [7, 11) is 0. The lowest BCUT2D eigenvalue weighted by atomic mass is 9.96. The summed E-state index contributed by atoms with van der Waals surface area (Å²) in [5, 5.41) is 3.81. The molecule has 0 aromatic heterocycles. The van der Waals surface area contributed by atoms with Gasteiger partial charge in [0.15, 0.2) is 0 Å². The topological polar surface area (TPSA) is 24.9 Å². The Labute approximate surface area is 132 Å². The van der Waals surface area contributed by atoms with Gasteiger partial charge in [-0.15, -0.1) is 10.1 Å². The highest BCUT2D eigenvalue weighted by Crippen LogP contribution is 2.34. The molecule has 2 aliphatic rings. The van der Waals surface area contributed by atoms with Crippen LogP contribution in [0.3, 0.4) is 0 Å². The minimum atomic E-state index is 0.298. The first kappa shape index (κ1) is 16.1. The van der Waals surface area contributed by atoms with Crippen LogP contribution in [0.15, 0.2) is 22.7 Å².